The van der Waals surface area contributed by atoms with Gasteiger partial charge in [0.05, 0.1) is 0 Å². The summed E-state index contributed by atoms with van der Waals surface area (Å²) in [6.07, 6.45) is 6.53. The van der Waals surface area contributed by atoms with E-state index in [1.807, 2.05) is 6.08 Å². The maximum absolute atomic E-state index is 10.4. The second-order valence-electron chi connectivity index (χ2n) is 3.16. The molecule has 0 aromatic carbocycles. The van der Waals surface area contributed by atoms with Crippen LogP contribution in [-0.2, 0) is 9.53 Å². The van der Waals surface area contributed by atoms with Crippen LogP contribution in [0, 0.1) is 5.92 Å². The molecular formula is C11H14O2. The summed E-state index contributed by atoms with van der Waals surface area (Å²) in [6.45, 7) is 5.07. The molecule has 0 heterocycles. The van der Waals surface area contributed by atoms with Crippen LogP contribution >= 0.6 is 0 Å². The summed E-state index contributed by atoms with van der Waals surface area (Å²) >= 11 is 0. The van der Waals surface area contributed by atoms with Crippen LogP contribution in [0.1, 0.15) is 26.2 Å². The first-order chi connectivity index (χ1) is 6.24. The van der Waals surface area contributed by atoms with E-state index in [-0.39, 0.29) is 5.97 Å². The van der Waals surface area contributed by atoms with E-state index in [9.17, 15) is 4.79 Å². The summed E-state index contributed by atoms with van der Waals surface area (Å²) in [4.78, 5) is 10.4. The predicted octanol–water partition coefficient (Wildman–Crippen LogP) is 2.57. The Balaban J connectivity index is 2.46. The van der Waals surface area contributed by atoms with Crippen molar-refractivity contribution in [2.24, 2.45) is 5.92 Å². The minimum absolute atomic E-state index is 0.298. The van der Waals surface area contributed by atoms with E-state index in [1.54, 1.807) is 0 Å². The minimum atomic E-state index is -0.298. The van der Waals surface area contributed by atoms with Gasteiger partial charge in [-0.05, 0) is 30.8 Å². The van der Waals surface area contributed by atoms with Gasteiger partial charge in [0.1, 0.15) is 6.26 Å². The van der Waals surface area contributed by atoms with Gasteiger partial charge in [-0.15, -0.1) is 6.58 Å². The lowest BCUT2D eigenvalue weighted by Crippen LogP contribution is -2.13. The van der Waals surface area contributed by atoms with Crippen LogP contribution in [0.3, 0.4) is 0 Å². The first-order valence-electron chi connectivity index (χ1n) is 4.46. The molecule has 0 bridgehead atoms. The Morgan fingerprint density at radius 3 is 3.08 bits per heavy atom. The van der Waals surface area contributed by atoms with Crippen molar-refractivity contribution in [3.05, 3.63) is 30.2 Å². The molecule has 0 spiro atoms. The van der Waals surface area contributed by atoms with Crippen molar-refractivity contribution in [2.75, 3.05) is 0 Å². The summed E-state index contributed by atoms with van der Waals surface area (Å²) in [7, 11) is 0. The lowest BCUT2D eigenvalue weighted by Gasteiger charge is -2.26. The Bertz CT molecular complexity index is 270. The van der Waals surface area contributed by atoms with Crippen molar-refractivity contribution in [3.63, 3.8) is 0 Å². The number of carbonyl (C=O) groups excluding carboxylic acids is 1. The van der Waals surface area contributed by atoms with Crippen molar-refractivity contribution in [1.29, 1.82) is 0 Å². The van der Waals surface area contributed by atoms with Crippen LogP contribution in [0.2, 0.25) is 0 Å². The van der Waals surface area contributed by atoms with Gasteiger partial charge in [-0.25, -0.2) is 0 Å². The molecule has 1 aliphatic carbocycles. The molecule has 0 aromatic rings. The van der Waals surface area contributed by atoms with Crippen LogP contribution in [0.5, 0.6) is 0 Å². The van der Waals surface area contributed by atoms with E-state index in [0.717, 1.165) is 12.8 Å². The molecule has 0 N–H and O–H groups in total. The Hall–Kier alpha value is -1.27. The number of hydrogen-bond donors (Lipinski definition) is 0. The van der Waals surface area contributed by atoms with Gasteiger partial charge >= 0.3 is 5.97 Å². The highest BCUT2D eigenvalue weighted by molar-refractivity contribution is 5.66. The van der Waals surface area contributed by atoms with Gasteiger partial charge in [-0.2, -0.15) is 0 Å². The molecule has 0 amide bonds. The van der Waals surface area contributed by atoms with E-state index in [2.05, 4.69) is 17.0 Å². The number of esters is 1. The summed E-state index contributed by atoms with van der Waals surface area (Å²) in [5.74, 6) is 0.275. The molecule has 1 fully saturated rings. The summed E-state index contributed by atoms with van der Waals surface area (Å²) in [5.41, 5.74) is 4.22. The van der Waals surface area contributed by atoms with Crippen LogP contribution in [0.4, 0.5) is 0 Å². The summed E-state index contributed by atoms with van der Waals surface area (Å²) in [5, 5.41) is 0. The summed E-state index contributed by atoms with van der Waals surface area (Å²) in [6, 6.07) is 0. The number of rotatable bonds is 3. The SMILES string of the molecule is C=CCC1CCC1=C=COC(C)=O. The Kier molecular flexibility index (Phi) is 3.53. The first-order valence-corrected chi connectivity index (χ1v) is 4.46. The zero-order chi connectivity index (χ0) is 9.68. The van der Waals surface area contributed by atoms with E-state index < -0.39 is 0 Å². The van der Waals surface area contributed by atoms with Crippen molar-refractivity contribution < 1.29 is 9.53 Å². The quantitative estimate of drug-likeness (QED) is 0.287. The molecule has 1 rings (SSSR count). The highest BCUT2D eigenvalue weighted by atomic mass is 16.5. The number of allylic oxidation sites excluding steroid dienone is 2. The topological polar surface area (TPSA) is 26.3 Å². The standard InChI is InChI=1S/C11H14O2/c1-3-4-10-5-6-11(10)7-8-13-9(2)12/h3,8,10H,1,4-6H2,2H3. The summed E-state index contributed by atoms with van der Waals surface area (Å²) < 4.78 is 4.65. The van der Waals surface area contributed by atoms with E-state index in [4.69, 9.17) is 0 Å². The van der Waals surface area contributed by atoms with E-state index in [1.165, 1.54) is 25.2 Å². The first kappa shape index (κ1) is 9.82. The zero-order valence-corrected chi connectivity index (χ0v) is 7.88. The Morgan fingerprint density at radius 2 is 2.62 bits per heavy atom. The third-order valence-electron chi connectivity index (χ3n) is 2.18. The predicted molar refractivity (Wildman–Crippen MR) is 50.9 cm³/mol. The third kappa shape index (κ3) is 2.92. The molecule has 1 saturated carbocycles. The lowest BCUT2D eigenvalue weighted by molar-refractivity contribution is -0.135. The van der Waals surface area contributed by atoms with Crippen LogP contribution in [0.25, 0.3) is 0 Å². The molecule has 2 nitrogen and oxygen atoms in total. The molecule has 13 heavy (non-hydrogen) atoms. The largest absolute Gasteiger partial charge is 0.426 e. The number of hydrogen-bond acceptors (Lipinski definition) is 2. The number of carbonyl (C=O) groups is 1. The highest BCUT2D eigenvalue weighted by Gasteiger charge is 2.21. The van der Waals surface area contributed by atoms with Gasteiger partial charge in [0.2, 0.25) is 0 Å². The Morgan fingerprint density at radius 1 is 1.85 bits per heavy atom. The van der Waals surface area contributed by atoms with Gasteiger partial charge in [-0.1, -0.05) is 11.8 Å². The fourth-order valence-corrected chi connectivity index (χ4v) is 1.33. The molecule has 1 unspecified atom stereocenters. The molecule has 0 radical (unpaired) electrons. The molecule has 1 aliphatic rings. The monoisotopic (exact) mass is 178 g/mol. The fraction of sp³-hybridized carbons (Fsp3) is 0.455. The van der Waals surface area contributed by atoms with Gasteiger partial charge in [0, 0.05) is 6.92 Å². The average Bonchev–Trinajstić information content (AvgIpc) is 2.06. The molecule has 2 heteroatoms. The number of ether oxygens (including phenoxy) is 1. The second-order valence-corrected chi connectivity index (χ2v) is 3.16. The van der Waals surface area contributed by atoms with Crippen molar-refractivity contribution in [3.8, 4) is 0 Å². The molecule has 0 aromatic heterocycles. The normalized spacial score (nSPS) is 19.8. The van der Waals surface area contributed by atoms with Crippen molar-refractivity contribution >= 4 is 5.97 Å². The third-order valence-corrected chi connectivity index (χ3v) is 2.18. The highest BCUT2D eigenvalue weighted by Crippen LogP contribution is 2.35. The van der Waals surface area contributed by atoms with Crippen molar-refractivity contribution in [1.82, 2.24) is 0 Å². The molecule has 1 atom stereocenters. The Labute approximate surface area is 78.6 Å². The van der Waals surface area contributed by atoms with E-state index >= 15 is 0 Å². The minimum Gasteiger partial charge on any atom is -0.426 e. The fourth-order valence-electron chi connectivity index (χ4n) is 1.33. The maximum Gasteiger partial charge on any atom is 0.308 e. The van der Waals surface area contributed by atoms with Gasteiger partial charge in [0.15, 0.2) is 0 Å². The van der Waals surface area contributed by atoms with Gasteiger partial charge in [-0.3, -0.25) is 4.79 Å². The average molecular weight is 178 g/mol. The lowest BCUT2D eigenvalue weighted by atomic mass is 9.78. The van der Waals surface area contributed by atoms with Gasteiger partial charge in [0.25, 0.3) is 0 Å². The van der Waals surface area contributed by atoms with Crippen LogP contribution in [-0.4, -0.2) is 5.97 Å². The molecular weight excluding hydrogens is 164 g/mol. The van der Waals surface area contributed by atoms with Crippen molar-refractivity contribution in [2.45, 2.75) is 26.2 Å². The molecule has 0 saturated heterocycles. The smallest absolute Gasteiger partial charge is 0.308 e. The molecule has 0 aliphatic heterocycles. The van der Waals surface area contributed by atoms with Crippen LogP contribution in [0.15, 0.2) is 30.2 Å². The molecule has 70 valence electrons. The maximum atomic E-state index is 10.4. The van der Waals surface area contributed by atoms with Crippen LogP contribution < -0.4 is 0 Å². The van der Waals surface area contributed by atoms with Gasteiger partial charge < -0.3 is 4.74 Å². The zero-order valence-electron chi connectivity index (χ0n) is 7.88. The van der Waals surface area contributed by atoms with E-state index in [0.29, 0.717) is 5.92 Å². The second kappa shape index (κ2) is 4.68.